The van der Waals surface area contributed by atoms with Gasteiger partial charge in [0, 0.05) is 11.1 Å². The van der Waals surface area contributed by atoms with Crippen LogP contribution in [0.2, 0.25) is 5.02 Å². The van der Waals surface area contributed by atoms with Gasteiger partial charge in [-0.15, -0.1) is 0 Å². The molecular formula is C12H16ClN3O2. The first-order valence-corrected chi connectivity index (χ1v) is 5.89. The Morgan fingerprint density at radius 3 is 2.56 bits per heavy atom. The van der Waals surface area contributed by atoms with Crippen molar-refractivity contribution in [1.29, 1.82) is 0 Å². The molecule has 3 amide bonds. The zero-order valence-electron chi connectivity index (χ0n) is 10.2. The molecule has 0 saturated carbocycles. The van der Waals surface area contributed by atoms with Crippen LogP contribution in [0, 0.1) is 0 Å². The van der Waals surface area contributed by atoms with Crippen molar-refractivity contribution in [3.63, 3.8) is 0 Å². The maximum atomic E-state index is 11.5. The van der Waals surface area contributed by atoms with Crippen LogP contribution < -0.4 is 16.4 Å². The third-order valence-electron chi connectivity index (χ3n) is 2.49. The number of imide groups is 1. The molecule has 0 aliphatic rings. The standard InChI is InChI=1S/C12H16ClN3O2/c1-7(9-4-3-5-10(13)6-9)15-8(2)11(17)16-12(14)18/h3-8,15H,1-2H3,(H3,14,16,17,18)/t7-,8+/m0/s1. The van der Waals surface area contributed by atoms with Crippen molar-refractivity contribution in [3.8, 4) is 0 Å². The Balaban J connectivity index is 2.61. The van der Waals surface area contributed by atoms with E-state index in [0.29, 0.717) is 5.02 Å². The zero-order chi connectivity index (χ0) is 13.7. The molecule has 0 fully saturated rings. The number of benzene rings is 1. The molecule has 0 saturated heterocycles. The molecule has 1 rings (SSSR count). The SMILES string of the molecule is C[C@H](N[C@H](C)C(=O)NC(N)=O)c1cccc(Cl)c1. The second-order valence-electron chi connectivity index (χ2n) is 4.02. The van der Waals surface area contributed by atoms with Gasteiger partial charge in [-0.1, -0.05) is 23.7 Å². The first-order chi connectivity index (χ1) is 8.40. The van der Waals surface area contributed by atoms with E-state index in [-0.39, 0.29) is 6.04 Å². The largest absolute Gasteiger partial charge is 0.351 e. The van der Waals surface area contributed by atoms with Gasteiger partial charge < -0.3 is 5.73 Å². The topological polar surface area (TPSA) is 84.2 Å². The van der Waals surface area contributed by atoms with Crippen molar-refractivity contribution in [1.82, 2.24) is 10.6 Å². The first kappa shape index (κ1) is 14.5. The molecule has 1 aromatic rings. The first-order valence-electron chi connectivity index (χ1n) is 5.52. The summed E-state index contributed by atoms with van der Waals surface area (Å²) in [6.07, 6.45) is 0. The Labute approximate surface area is 111 Å². The van der Waals surface area contributed by atoms with Crippen molar-refractivity contribution in [2.75, 3.05) is 0 Å². The lowest BCUT2D eigenvalue weighted by molar-refractivity contribution is -0.121. The molecule has 0 unspecified atom stereocenters. The molecule has 18 heavy (non-hydrogen) atoms. The van der Waals surface area contributed by atoms with E-state index in [4.69, 9.17) is 17.3 Å². The summed E-state index contributed by atoms with van der Waals surface area (Å²) in [5.74, 6) is -0.462. The lowest BCUT2D eigenvalue weighted by Crippen LogP contribution is -2.47. The minimum absolute atomic E-state index is 0.0719. The van der Waals surface area contributed by atoms with Gasteiger partial charge in [0.25, 0.3) is 0 Å². The number of urea groups is 1. The average Bonchev–Trinajstić information content (AvgIpc) is 2.27. The highest BCUT2D eigenvalue weighted by Gasteiger charge is 2.17. The normalized spacial score (nSPS) is 13.7. The van der Waals surface area contributed by atoms with Crippen LogP contribution in [-0.4, -0.2) is 18.0 Å². The van der Waals surface area contributed by atoms with Gasteiger partial charge in [-0.25, -0.2) is 4.79 Å². The van der Waals surface area contributed by atoms with E-state index in [1.807, 2.05) is 30.4 Å². The monoisotopic (exact) mass is 269 g/mol. The van der Waals surface area contributed by atoms with Gasteiger partial charge in [-0.2, -0.15) is 0 Å². The van der Waals surface area contributed by atoms with Crippen molar-refractivity contribution in [2.45, 2.75) is 25.9 Å². The average molecular weight is 270 g/mol. The predicted octanol–water partition coefficient (Wildman–Crippen LogP) is 1.57. The highest BCUT2D eigenvalue weighted by molar-refractivity contribution is 6.30. The van der Waals surface area contributed by atoms with Crippen LogP contribution in [0.1, 0.15) is 25.5 Å². The maximum Gasteiger partial charge on any atom is 0.318 e. The van der Waals surface area contributed by atoms with Crippen LogP contribution in [0.3, 0.4) is 0 Å². The van der Waals surface area contributed by atoms with Gasteiger partial charge in [0.15, 0.2) is 0 Å². The third kappa shape index (κ3) is 4.35. The Morgan fingerprint density at radius 2 is 2.00 bits per heavy atom. The van der Waals surface area contributed by atoms with Crippen LogP contribution in [-0.2, 0) is 4.79 Å². The molecule has 0 aliphatic heterocycles. The number of carbonyl (C=O) groups excluding carboxylic acids is 2. The summed E-state index contributed by atoms with van der Waals surface area (Å²) in [6, 6.07) is 5.87. The number of nitrogens with one attached hydrogen (secondary N) is 2. The quantitative estimate of drug-likeness (QED) is 0.776. The van der Waals surface area contributed by atoms with Crippen molar-refractivity contribution in [3.05, 3.63) is 34.9 Å². The fourth-order valence-electron chi connectivity index (χ4n) is 1.55. The summed E-state index contributed by atoms with van der Waals surface area (Å²) in [6.45, 7) is 3.55. The van der Waals surface area contributed by atoms with E-state index < -0.39 is 18.0 Å². The van der Waals surface area contributed by atoms with Crippen LogP contribution in [0.15, 0.2) is 24.3 Å². The van der Waals surface area contributed by atoms with Gasteiger partial charge >= 0.3 is 6.03 Å². The number of halogens is 1. The van der Waals surface area contributed by atoms with Crippen molar-refractivity contribution in [2.24, 2.45) is 5.73 Å². The van der Waals surface area contributed by atoms with E-state index in [1.165, 1.54) is 0 Å². The Morgan fingerprint density at radius 1 is 1.33 bits per heavy atom. The Kier molecular flexibility index (Phi) is 5.12. The lowest BCUT2D eigenvalue weighted by atomic mass is 10.1. The predicted molar refractivity (Wildman–Crippen MR) is 70.2 cm³/mol. The lowest BCUT2D eigenvalue weighted by Gasteiger charge is -2.19. The number of rotatable bonds is 4. The van der Waals surface area contributed by atoms with Gasteiger partial charge in [-0.3, -0.25) is 15.4 Å². The van der Waals surface area contributed by atoms with E-state index in [2.05, 4.69) is 5.32 Å². The van der Waals surface area contributed by atoms with Crippen molar-refractivity contribution < 1.29 is 9.59 Å². The molecule has 0 aliphatic carbocycles. The zero-order valence-corrected chi connectivity index (χ0v) is 11.0. The fraction of sp³-hybridized carbons (Fsp3) is 0.333. The Bertz CT molecular complexity index is 451. The molecule has 1 aromatic carbocycles. The highest BCUT2D eigenvalue weighted by atomic mass is 35.5. The summed E-state index contributed by atoms with van der Waals surface area (Å²) >= 11 is 5.89. The molecule has 4 N–H and O–H groups in total. The number of hydrogen-bond acceptors (Lipinski definition) is 3. The molecule has 0 spiro atoms. The fourth-order valence-corrected chi connectivity index (χ4v) is 1.75. The van der Waals surface area contributed by atoms with Crippen molar-refractivity contribution >= 4 is 23.5 Å². The molecule has 5 nitrogen and oxygen atoms in total. The van der Waals surface area contributed by atoms with E-state index in [1.54, 1.807) is 13.0 Å². The molecule has 0 aromatic heterocycles. The molecule has 2 atom stereocenters. The summed E-state index contributed by atoms with van der Waals surface area (Å²) in [5, 5.41) is 5.71. The van der Waals surface area contributed by atoms with Gasteiger partial charge in [-0.05, 0) is 31.5 Å². The molecule has 6 heteroatoms. The van der Waals surface area contributed by atoms with Gasteiger partial charge in [0.2, 0.25) is 5.91 Å². The minimum atomic E-state index is -0.857. The summed E-state index contributed by atoms with van der Waals surface area (Å²) < 4.78 is 0. The number of hydrogen-bond donors (Lipinski definition) is 3. The van der Waals surface area contributed by atoms with E-state index >= 15 is 0 Å². The molecule has 0 bridgehead atoms. The summed E-state index contributed by atoms with van der Waals surface area (Å²) in [4.78, 5) is 22.0. The maximum absolute atomic E-state index is 11.5. The Hall–Kier alpha value is -1.59. The number of amides is 3. The van der Waals surface area contributed by atoms with Crippen LogP contribution in [0.4, 0.5) is 4.79 Å². The summed E-state index contributed by atoms with van der Waals surface area (Å²) in [5.41, 5.74) is 5.84. The molecule has 0 radical (unpaired) electrons. The molecule has 98 valence electrons. The molecule has 0 heterocycles. The number of primary amides is 1. The van der Waals surface area contributed by atoms with Crippen LogP contribution >= 0.6 is 11.6 Å². The second kappa shape index (κ2) is 6.37. The minimum Gasteiger partial charge on any atom is -0.351 e. The second-order valence-corrected chi connectivity index (χ2v) is 4.45. The third-order valence-corrected chi connectivity index (χ3v) is 2.72. The van der Waals surface area contributed by atoms with Gasteiger partial charge in [0.1, 0.15) is 0 Å². The van der Waals surface area contributed by atoms with Crippen LogP contribution in [0.25, 0.3) is 0 Å². The molecular weight excluding hydrogens is 254 g/mol. The van der Waals surface area contributed by atoms with Crippen LogP contribution in [0.5, 0.6) is 0 Å². The van der Waals surface area contributed by atoms with E-state index in [9.17, 15) is 9.59 Å². The van der Waals surface area contributed by atoms with Gasteiger partial charge in [0.05, 0.1) is 6.04 Å². The highest BCUT2D eigenvalue weighted by Crippen LogP contribution is 2.17. The number of carbonyl (C=O) groups is 2. The number of nitrogens with two attached hydrogens (primary N) is 1. The smallest absolute Gasteiger partial charge is 0.318 e. The van der Waals surface area contributed by atoms with E-state index in [0.717, 1.165) is 5.56 Å². The summed E-state index contributed by atoms with van der Waals surface area (Å²) in [7, 11) is 0.